The van der Waals surface area contributed by atoms with Crippen molar-refractivity contribution in [2.45, 2.75) is 38.8 Å². The Morgan fingerprint density at radius 3 is 2.44 bits per heavy atom. The number of hydrogen-bond acceptors (Lipinski definition) is 7. The van der Waals surface area contributed by atoms with Gasteiger partial charge in [0.1, 0.15) is 0 Å². The Bertz CT molecular complexity index is 820. The summed E-state index contributed by atoms with van der Waals surface area (Å²) in [7, 11) is -3.16. The summed E-state index contributed by atoms with van der Waals surface area (Å²) < 4.78 is 28.5. The zero-order valence-corrected chi connectivity index (χ0v) is 16.0. The van der Waals surface area contributed by atoms with Crippen LogP contribution < -0.4 is 0 Å². The van der Waals surface area contributed by atoms with Crippen LogP contribution in [0.15, 0.2) is 24.3 Å². The van der Waals surface area contributed by atoms with E-state index in [1.165, 1.54) is 29.2 Å². The molecule has 1 amide bonds. The second-order valence-corrected chi connectivity index (χ2v) is 8.72. The number of sulfone groups is 1. The van der Waals surface area contributed by atoms with E-state index in [0.717, 1.165) is 0 Å². The predicted molar refractivity (Wildman–Crippen MR) is 97.0 cm³/mol. The summed E-state index contributed by atoms with van der Waals surface area (Å²) in [6.45, 7) is 3.19. The highest BCUT2D eigenvalue weighted by molar-refractivity contribution is 7.91. The first kappa shape index (κ1) is 20.8. The quantitative estimate of drug-likeness (QED) is 0.388. The lowest BCUT2D eigenvalue weighted by Crippen LogP contribution is -2.48. The molecule has 27 heavy (non-hydrogen) atoms. The maximum atomic E-state index is 12.6. The lowest BCUT2D eigenvalue weighted by molar-refractivity contribution is -0.384. The second kappa shape index (κ2) is 8.47. The third-order valence-electron chi connectivity index (χ3n) is 4.60. The van der Waals surface area contributed by atoms with Gasteiger partial charge < -0.3 is 9.64 Å². The minimum atomic E-state index is -3.16. The van der Waals surface area contributed by atoms with Gasteiger partial charge >= 0.3 is 5.97 Å². The number of carbonyl (C=O) groups excluding carboxylic acids is 2. The maximum absolute atomic E-state index is 12.6. The fraction of sp³-hybridized carbons (Fsp3) is 0.529. The van der Waals surface area contributed by atoms with E-state index in [-0.39, 0.29) is 28.8 Å². The van der Waals surface area contributed by atoms with Gasteiger partial charge in [0, 0.05) is 24.2 Å². The fourth-order valence-corrected chi connectivity index (χ4v) is 4.72. The Hall–Kier alpha value is -2.49. The first-order valence-electron chi connectivity index (χ1n) is 8.57. The minimum Gasteiger partial charge on any atom is -0.452 e. The number of hydrogen-bond donors (Lipinski definition) is 0. The molecule has 0 bridgehead atoms. The van der Waals surface area contributed by atoms with Crippen LogP contribution in [0, 0.1) is 10.1 Å². The standard InChI is InChI=1S/C17H22N2O7S/c1-3-12(2)18(15-8-9-27(24,25)11-15)16(20)10-26-17(21)13-4-6-14(7-5-13)19(22)23/h4-7,12,15H,3,8-11H2,1-2H3/t12-,15+/m0/s1. The highest BCUT2D eigenvalue weighted by Gasteiger charge is 2.36. The highest BCUT2D eigenvalue weighted by atomic mass is 32.2. The molecule has 0 spiro atoms. The van der Waals surface area contributed by atoms with E-state index >= 15 is 0 Å². The van der Waals surface area contributed by atoms with Crippen LogP contribution in [0.2, 0.25) is 0 Å². The fourth-order valence-electron chi connectivity index (χ4n) is 3.01. The number of rotatable bonds is 7. The van der Waals surface area contributed by atoms with E-state index in [0.29, 0.717) is 12.8 Å². The van der Waals surface area contributed by atoms with Crippen LogP contribution in [-0.2, 0) is 19.4 Å². The molecule has 1 aliphatic heterocycles. The van der Waals surface area contributed by atoms with E-state index in [2.05, 4.69) is 0 Å². The largest absolute Gasteiger partial charge is 0.452 e. The number of esters is 1. The van der Waals surface area contributed by atoms with Crippen molar-refractivity contribution >= 4 is 27.4 Å². The average molecular weight is 398 g/mol. The Morgan fingerprint density at radius 2 is 1.96 bits per heavy atom. The molecule has 0 unspecified atom stereocenters. The highest BCUT2D eigenvalue weighted by Crippen LogP contribution is 2.21. The molecule has 0 radical (unpaired) electrons. The first-order valence-corrected chi connectivity index (χ1v) is 10.4. The summed E-state index contributed by atoms with van der Waals surface area (Å²) in [6, 6.07) is 4.24. The van der Waals surface area contributed by atoms with Crippen molar-refractivity contribution in [2.24, 2.45) is 0 Å². The normalized spacial score (nSPS) is 19.3. The van der Waals surface area contributed by atoms with Gasteiger partial charge in [-0.25, -0.2) is 13.2 Å². The molecule has 148 valence electrons. The van der Waals surface area contributed by atoms with Crippen molar-refractivity contribution in [2.75, 3.05) is 18.1 Å². The molecular formula is C17H22N2O7S. The van der Waals surface area contributed by atoms with Gasteiger partial charge in [0.25, 0.3) is 11.6 Å². The lowest BCUT2D eigenvalue weighted by atomic mass is 10.1. The third kappa shape index (κ3) is 5.25. The van der Waals surface area contributed by atoms with Crippen molar-refractivity contribution in [1.82, 2.24) is 4.90 Å². The monoisotopic (exact) mass is 398 g/mol. The first-order chi connectivity index (χ1) is 12.6. The van der Waals surface area contributed by atoms with Gasteiger partial charge in [-0.2, -0.15) is 0 Å². The minimum absolute atomic E-state index is 0.0421. The van der Waals surface area contributed by atoms with Crippen molar-refractivity contribution in [3.05, 3.63) is 39.9 Å². The number of nitrogens with zero attached hydrogens (tertiary/aromatic N) is 2. The van der Waals surface area contributed by atoms with Crippen LogP contribution in [0.5, 0.6) is 0 Å². The average Bonchev–Trinajstić information content (AvgIpc) is 2.99. The molecule has 10 heteroatoms. The van der Waals surface area contributed by atoms with Gasteiger partial charge in [-0.15, -0.1) is 0 Å². The molecule has 9 nitrogen and oxygen atoms in total. The van der Waals surface area contributed by atoms with Gasteiger partial charge in [0.05, 0.1) is 22.0 Å². The Kier molecular flexibility index (Phi) is 6.53. The molecule has 1 saturated heterocycles. The molecular weight excluding hydrogens is 376 g/mol. The van der Waals surface area contributed by atoms with E-state index in [1.54, 1.807) is 0 Å². The van der Waals surface area contributed by atoms with Gasteiger partial charge in [0.2, 0.25) is 0 Å². The van der Waals surface area contributed by atoms with Crippen LogP contribution in [0.4, 0.5) is 5.69 Å². The second-order valence-electron chi connectivity index (χ2n) is 6.50. The van der Waals surface area contributed by atoms with Crippen molar-refractivity contribution < 1.29 is 27.7 Å². The molecule has 0 saturated carbocycles. The van der Waals surface area contributed by atoms with Crippen molar-refractivity contribution in [3.63, 3.8) is 0 Å². The molecule has 0 aromatic heterocycles. The summed E-state index contributed by atoms with van der Waals surface area (Å²) in [5, 5.41) is 10.6. The SMILES string of the molecule is CC[C@H](C)N(C(=O)COC(=O)c1ccc([N+](=O)[O-])cc1)[C@@H]1CCS(=O)(=O)C1. The molecule has 1 aromatic rings. The zero-order chi connectivity index (χ0) is 20.2. The van der Waals surface area contributed by atoms with Crippen LogP contribution in [0.3, 0.4) is 0 Å². The van der Waals surface area contributed by atoms with Gasteiger partial charge in [-0.05, 0) is 31.9 Å². The molecule has 1 fully saturated rings. The Morgan fingerprint density at radius 1 is 1.33 bits per heavy atom. The van der Waals surface area contributed by atoms with Crippen molar-refractivity contribution in [1.29, 1.82) is 0 Å². The number of ether oxygens (including phenoxy) is 1. The molecule has 0 aliphatic carbocycles. The molecule has 2 atom stereocenters. The Labute approximate surface area is 157 Å². The molecule has 2 rings (SSSR count). The molecule has 0 N–H and O–H groups in total. The summed E-state index contributed by atoms with van der Waals surface area (Å²) in [5.74, 6) is -1.28. The predicted octanol–water partition coefficient (Wildman–Crippen LogP) is 1.57. The van der Waals surface area contributed by atoms with E-state index in [4.69, 9.17) is 4.74 Å². The Balaban J connectivity index is 2.02. The number of benzene rings is 1. The van der Waals surface area contributed by atoms with E-state index in [9.17, 15) is 28.1 Å². The number of nitro groups is 1. The molecule has 1 aromatic carbocycles. The number of nitro benzene ring substituents is 1. The summed E-state index contributed by atoms with van der Waals surface area (Å²) in [6.07, 6.45) is 1.01. The molecule has 1 heterocycles. The van der Waals surface area contributed by atoms with Crippen LogP contribution in [0.25, 0.3) is 0 Å². The van der Waals surface area contributed by atoms with Gasteiger partial charge in [-0.1, -0.05) is 6.92 Å². The summed E-state index contributed by atoms with van der Waals surface area (Å²) in [4.78, 5) is 36.2. The third-order valence-corrected chi connectivity index (χ3v) is 6.35. The zero-order valence-electron chi connectivity index (χ0n) is 15.2. The van der Waals surface area contributed by atoms with Crippen LogP contribution in [0.1, 0.15) is 37.0 Å². The number of non-ortho nitro benzene ring substituents is 1. The maximum Gasteiger partial charge on any atom is 0.338 e. The van der Waals surface area contributed by atoms with Crippen LogP contribution in [-0.4, -0.2) is 60.3 Å². The number of amides is 1. The van der Waals surface area contributed by atoms with Gasteiger partial charge in [-0.3, -0.25) is 14.9 Å². The van der Waals surface area contributed by atoms with E-state index < -0.39 is 39.3 Å². The summed E-state index contributed by atoms with van der Waals surface area (Å²) >= 11 is 0. The van der Waals surface area contributed by atoms with Crippen molar-refractivity contribution in [3.8, 4) is 0 Å². The topological polar surface area (TPSA) is 124 Å². The van der Waals surface area contributed by atoms with Crippen LogP contribution >= 0.6 is 0 Å². The lowest BCUT2D eigenvalue weighted by Gasteiger charge is -2.33. The summed E-state index contributed by atoms with van der Waals surface area (Å²) in [5.41, 5.74) is -0.0695. The number of carbonyl (C=O) groups is 2. The van der Waals surface area contributed by atoms with Gasteiger partial charge in [0.15, 0.2) is 16.4 Å². The smallest absolute Gasteiger partial charge is 0.338 e. The molecule has 1 aliphatic rings. The van der Waals surface area contributed by atoms with E-state index in [1.807, 2.05) is 13.8 Å².